The van der Waals surface area contributed by atoms with Crippen LogP contribution in [0.2, 0.25) is 0 Å². The Bertz CT molecular complexity index is 1140. The summed E-state index contributed by atoms with van der Waals surface area (Å²) in [7, 11) is -16.0. The van der Waals surface area contributed by atoms with Crippen LogP contribution in [0.15, 0.2) is 20.9 Å². The minimum atomic E-state index is -5.58. The molecule has 5 unspecified atom stereocenters. The van der Waals surface area contributed by atoms with E-state index in [0.717, 1.165) is 4.57 Å². The highest BCUT2D eigenvalue weighted by atomic mass is 31.3. The molecule has 31 heavy (non-hydrogen) atoms. The summed E-state index contributed by atoms with van der Waals surface area (Å²) >= 11 is 0. The number of nitrogens with one attached hydrogen (secondary N) is 1. The molecule has 174 valence electrons. The monoisotopic (exact) mass is 505 g/mol. The molecule has 1 saturated heterocycles. The standard InChI is InChI=1S/C11H18N5O12P3/c1-6-5-16(11(18)13-10(6)17)9-4-7(14-15-12)8(26-9)2-3-29(19,20)27-31(24,25)28-30(21,22)23/h5,7-9H,2-4H2,1H3,(H,19,20)(H,24,25)(H,13,17,18)(H2,21,22,23). The zero-order valence-corrected chi connectivity index (χ0v) is 18.3. The van der Waals surface area contributed by atoms with Crippen LogP contribution in [0.25, 0.3) is 10.4 Å². The molecule has 20 heteroatoms. The Morgan fingerprint density at radius 2 is 1.94 bits per heavy atom. The van der Waals surface area contributed by atoms with E-state index in [1.807, 2.05) is 0 Å². The van der Waals surface area contributed by atoms with Gasteiger partial charge in [-0.05, 0) is 18.9 Å². The van der Waals surface area contributed by atoms with E-state index in [4.69, 9.17) is 20.1 Å². The SMILES string of the molecule is Cc1cn(C2CC(N=[N+]=[N-])C(CCP(=O)(O)OP(=O)(O)OP(=O)(O)O)O2)c(=O)[nH]c1=O. The smallest absolute Gasteiger partial charge is 0.354 e. The Morgan fingerprint density at radius 1 is 1.29 bits per heavy atom. The van der Waals surface area contributed by atoms with Gasteiger partial charge in [0.2, 0.25) is 0 Å². The van der Waals surface area contributed by atoms with Gasteiger partial charge in [-0.2, -0.15) is 4.31 Å². The highest BCUT2D eigenvalue weighted by Crippen LogP contribution is 2.66. The normalized spacial score (nSPS) is 25.4. The number of aromatic amines is 1. The lowest BCUT2D eigenvalue weighted by atomic mass is 10.1. The molecule has 0 bridgehead atoms. The van der Waals surface area contributed by atoms with Crippen molar-refractivity contribution in [3.05, 3.63) is 43.0 Å². The van der Waals surface area contributed by atoms with Crippen molar-refractivity contribution in [2.75, 3.05) is 6.16 Å². The van der Waals surface area contributed by atoms with Crippen LogP contribution in [0.1, 0.15) is 24.6 Å². The van der Waals surface area contributed by atoms with Gasteiger partial charge in [0.25, 0.3) is 5.56 Å². The van der Waals surface area contributed by atoms with Crippen molar-refractivity contribution in [3.63, 3.8) is 0 Å². The fourth-order valence-electron chi connectivity index (χ4n) is 2.78. The molecule has 1 aromatic rings. The van der Waals surface area contributed by atoms with E-state index in [2.05, 4.69) is 23.6 Å². The fourth-order valence-corrected chi connectivity index (χ4v) is 6.44. The molecule has 2 rings (SSSR count). The summed E-state index contributed by atoms with van der Waals surface area (Å²) in [5.74, 6) is 0. The molecular weight excluding hydrogens is 487 g/mol. The Morgan fingerprint density at radius 3 is 2.52 bits per heavy atom. The summed E-state index contributed by atoms with van der Waals surface area (Å²) in [6, 6.07) is -0.915. The topological polar surface area (TPSA) is 263 Å². The quantitative estimate of drug-likeness (QED) is 0.134. The van der Waals surface area contributed by atoms with Crippen LogP contribution in [0, 0.1) is 6.92 Å². The van der Waals surface area contributed by atoms with Crippen LogP contribution in [0.5, 0.6) is 0 Å². The molecule has 17 nitrogen and oxygen atoms in total. The van der Waals surface area contributed by atoms with Crippen LogP contribution in [0.3, 0.4) is 0 Å². The lowest BCUT2D eigenvalue weighted by molar-refractivity contribution is -0.00429. The van der Waals surface area contributed by atoms with Crippen molar-refractivity contribution in [2.45, 2.75) is 38.1 Å². The van der Waals surface area contributed by atoms with Gasteiger partial charge in [-0.15, -0.1) is 0 Å². The minimum absolute atomic E-state index is 0.0312. The number of hydrogen-bond donors (Lipinski definition) is 5. The predicted molar refractivity (Wildman–Crippen MR) is 101 cm³/mol. The van der Waals surface area contributed by atoms with Crippen molar-refractivity contribution >= 4 is 23.2 Å². The van der Waals surface area contributed by atoms with Gasteiger partial charge in [0.15, 0.2) is 0 Å². The van der Waals surface area contributed by atoms with E-state index in [0.29, 0.717) is 0 Å². The number of hydrogen-bond acceptors (Lipinski definition) is 9. The molecule has 0 radical (unpaired) electrons. The fraction of sp³-hybridized carbons (Fsp3) is 0.636. The van der Waals surface area contributed by atoms with Gasteiger partial charge in [-0.3, -0.25) is 18.9 Å². The van der Waals surface area contributed by atoms with E-state index in [1.54, 1.807) is 0 Å². The first kappa shape index (κ1) is 25.7. The molecule has 0 aliphatic carbocycles. The first-order valence-corrected chi connectivity index (χ1v) is 13.1. The Labute approximate surface area is 172 Å². The molecule has 5 N–H and O–H groups in total. The van der Waals surface area contributed by atoms with Crippen LogP contribution in [-0.4, -0.2) is 47.4 Å². The second-order valence-corrected chi connectivity index (χ2v) is 11.3. The Balaban J connectivity index is 2.14. The average molecular weight is 505 g/mol. The van der Waals surface area contributed by atoms with E-state index >= 15 is 0 Å². The van der Waals surface area contributed by atoms with Gasteiger partial charge < -0.3 is 24.3 Å². The number of nitrogens with zero attached hydrogens (tertiary/aromatic N) is 4. The maximum atomic E-state index is 12.0. The third-order valence-corrected chi connectivity index (χ3v) is 8.34. The molecule has 1 fully saturated rings. The molecule has 1 aliphatic heterocycles. The second kappa shape index (κ2) is 9.49. The molecule has 0 amide bonds. The van der Waals surface area contributed by atoms with Crippen LogP contribution in [0.4, 0.5) is 0 Å². The Hall–Kier alpha value is -1.60. The predicted octanol–water partition coefficient (Wildman–Crippen LogP) is 0.613. The van der Waals surface area contributed by atoms with Crippen molar-refractivity contribution in [1.29, 1.82) is 0 Å². The van der Waals surface area contributed by atoms with Gasteiger partial charge in [-0.1, -0.05) is 5.11 Å². The summed E-state index contributed by atoms with van der Waals surface area (Å²) in [6.45, 7) is 1.44. The number of rotatable bonds is 9. The van der Waals surface area contributed by atoms with Crippen molar-refractivity contribution in [1.82, 2.24) is 9.55 Å². The summed E-state index contributed by atoms with van der Waals surface area (Å²) in [6.07, 6.45) is -2.06. The average Bonchev–Trinajstić information content (AvgIpc) is 2.96. The first-order chi connectivity index (χ1) is 14.1. The molecule has 1 aromatic heterocycles. The van der Waals surface area contributed by atoms with Gasteiger partial charge in [0.05, 0.1) is 18.3 Å². The van der Waals surface area contributed by atoms with Crippen molar-refractivity contribution < 1.29 is 46.6 Å². The molecule has 2 heterocycles. The number of phosphoric acid groups is 2. The highest BCUT2D eigenvalue weighted by molar-refractivity contribution is 7.68. The molecule has 0 aromatic carbocycles. The Kier molecular flexibility index (Phi) is 7.85. The van der Waals surface area contributed by atoms with Crippen molar-refractivity contribution in [3.8, 4) is 0 Å². The minimum Gasteiger partial charge on any atom is -0.354 e. The van der Waals surface area contributed by atoms with E-state index in [9.17, 15) is 33.1 Å². The highest BCUT2D eigenvalue weighted by Gasteiger charge is 2.42. The van der Waals surface area contributed by atoms with Crippen molar-refractivity contribution in [2.24, 2.45) is 5.11 Å². The summed E-state index contributed by atoms with van der Waals surface area (Å²) in [5, 5.41) is 3.50. The summed E-state index contributed by atoms with van der Waals surface area (Å²) in [5.41, 5.74) is 7.52. The summed E-state index contributed by atoms with van der Waals surface area (Å²) in [4.78, 5) is 64.2. The van der Waals surface area contributed by atoms with Gasteiger partial charge >= 0.3 is 28.9 Å². The second-order valence-electron chi connectivity index (χ2n) is 6.39. The summed E-state index contributed by atoms with van der Waals surface area (Å²) < 4.78 is 48.2. The number of aryl methyl sites for hydroxylation is 1. The molecule has 0 saturated carbocycles. The number of H-pyrrole nitrogens is 1. The van der Waals surface area contributed by atoms with E-state index < -0.39 is 59.0 Å². The van der Waals surface area contributed by atoms with Crippen LogP contribution in [-0.2, 0) is 27.1 Å². The lowest BCUT2D eigenvalue weighted by Gasteiger charge is -2.19. The maximum absolute atomic E-state index is 12.0. The molecule has 1 aliphatic rings. The lowest BCUT2D eigenvalue weighted by Crippen LogP contribution is -2.33. The maximum Gasteiger partial charge on any atom is 0.488 e. The van der Waals surface area contributed by atoms with Gasteiger partial charge in [0.1, 0.15) is 6.23 Å². The third-order valence-electron chi connectivity index (χ3n) is 4.00. The molecular formula is C11H18N5O12P3. The molecule has 0 spiro atoms. The zero-order chi connectivity index (χ0) is 23.6. The largest absolute Gasteiger partial charge is 0.488 e. The van der Waals surface area contributed by atoms with Crippen LogP contribution < -0.4 is 11.2 Å². The van der Waals surface area contributed by atoms with Gasteiger partial charge in [0, 0.05) is 23.1 Å². The number of aromatic nitrogens is 2. The molecule has 5 atom stereocenters. The van der Waals surface area contributed by atoms with Crippen LogP contribution >= 0.6 is 23.2 Å². The van der Waals surface area contributed by atoms with E-state index in [-0.39, 0.29) is 18.4 Å². The van der Waals surface area contributed by atoms with Gasteiger partial charge in [-0.25, -0.2) is 18.2 Å². The number of azide groups is 1. The van der Waals surface area contributed by atoms with E-state index in [1.165, 1.54) is 13.1 Å². The first-order valence-electron chi connectivity index (χ1n) is 8.27. The zero-order valence-electron chi connectivity index (χ0n) is 15.6. The number of ether oxygens (including phenoxy) is 1. The third kappa shape index (κ3) is 7.49.